The van der Waals surface area contributed by atoms with Crippen molar-refractivity contribution < 1.29 is 13.2 Å². The van der Waals surface area contributed by atoms with Gasteiger partial charge in [-0.25, -0.2) is 17.8 Å². The fraction of sp³-hybridized carbons (Fsp3) is 0.211. The van der Waals surface area contributed by atoms with Gasteiger partial charge in [-0.1, -0.05) is 11.6 Å². The average Bonchev–Trinajstić information content (AvgIpc) is 3.03. The Morgan fingerprint density at radius 1 is 1.11 bits per heavy atom. The molecule has 142 valence electrons. The Kier molecular flexibility index (Phi) is 5.55. The number of hydrogen-bond acceptors (Lipinski definition) is 4. The van der Waals surface area contributed by atoms with Gasteiger partial charge in [-0.15, -0.1) is 0 Å². The van der Waals surface area contributed by atoms with Crippen LogP contribution in [0.3, 0.4) is 0 Å². The summed E-state index contributed by atoms with van der Waals surface area (Å²) >= 11 is 5.83. The number of halogens is 1. The lowest BCUT2D eigenvalue weighted by molar-refractivity contribution is 0.414. The van der Waals surface area contributed by atoms with Crippen molar-refractivity contribution in [3.05, 3.63) is 71.0 Å². The number of benzene rings is 2. The molecule has 3 aromatic rings. The van der Waals surface area contributed by atoms with Gasteiger partial charge in [-0.2, -0.15) is 5.10 Å². The summed E-state index contributed by atoms with van der Waals surface area (Å²) in [5, 5.41) is 4.89. The van der Waals surface area contributed by atoms with Crippen molar-refractivity contribution >= 4 is 21.6 Å². The summed E-state index contributed by atoms with van der Waals surface area (Å²) in [4.78, 5) is 0.166. The molecule has 0 spiro atoms. The van der Waals surface area contributed by atoms with Gasteiger partial charge in [0.15, 0.2) is 0 Å². The van der Waals surface area contributed by atoms with Gasteiger partial charge in [0, 0.05) is 22.3 Å². The van der Waals surface area contributed by atoms with Gasteiger partial charge in [0.25, 0.3) is 0 Å². The molecule has 0 aliphatic carbocycles. The molecule has 1 unspecified atom stereocenters. The summed E-state index contributed by atoms with van der Waals surface area (Å²) in [5.41, 5.74) is 2.52. The summed E-state index contributed by atoms with van der Waals surface area (Å²) in [6.07, 6.45) is 1.68. The molecular formula is C19H20ClN3O3S. The maximum Gasteiger partial charge on any atom is 0.241 e. The number of methoxy groups -OCH3 is 1. The number of ether oxygens (including phenoxy) is 1. The third kappa shape index (κ3) is 4.16. The minimum absolute atomic E-state index is 0.166. The molecule has 0 fully saturated rings. The van der Waals surface area contributed by atoms with Crippen molar-refractivity contribution in [2.24, 2.45) is 0 Å². The molecule has 2 aromatic carbocycles. The highest BCUT2D eigenvalue weighted by atomic mass is 35.5. The van der Waals surface area contributed by atoms with E-state index in [2.05, 4.69) is 9.82 Å². The highest BCUT2D eigenvalue weighted by Crippen LogP contribution is 2.23. The second-order valence-corrected chi connectivity index (χ2v) is 8.24. The molecular weight excluding hydrogens is 386 g/mol. The lowest BCUT2D eigenvalue weighted by Crippen LogP contribution is -2.27. The highest BCUT2D eigenvalue weighted by Gasteiger charge is 2.21. The van der Waals surface area contributed by atoms with E-state index >= 15 is 0 Å². The molecule has 0 amide bonds. The van der Waals surface area contributed by atoms with Crippen molar-refractivity contribution in [2.75, 3.05) is 7.11 Å². The van der Waals surface area contributed by atoms with Crippen LogP contribution in [0.1, 0.15) is 24.2 Å². The predicted molar refractivity (Wildman–Crippen MR) is 105 cm³/mol. The van der Waals surface area contributed by atoms with Crippen molar-refractivity contribution in [2.45, 2.75) is 24.8 Å². The van der Waals surface area contributed by atoms with Crippen molar-refractivity contribution in [1.82, 2.24) is 14.5 Å². The maximum atomic E-state index is 12.6. The van der Waals surface area contributed by atoms with Crippen LogP contribution in [-0.4, -0.2) is 25.3 Å². The number of nitrogens with zero attached hydrogens (tertiary/aromatic N) is 2. The first-order valence-corrected chi connectivity index (χ1v) is 10.1. The minimum Gasteiger partial charge on any atom is -0.497 e. The smallest absolute Gasteiger partial charge is 0.241 e. The first-order valence-electron chi connectivity index (χ1n) is 8.28. The van der Waals surface area contributed by atoms with Crippen LogP contribution in [0.5, 0.6) is 5.75 Å². The third-order valence-corrected chi connectivity index (χ3v) is 6.10. The Bertz CT molecular complexity index is 1030. The quantitative estimate of drug-likeness (QED) is 0.675. The normalized spacial score (nSPS) is 12.7. The van der Waals surface area contributed by atoms with Crippen LogP contribution in [-0.2, 0) is 10.0 Å². The Hall–Kier alpha value is -2.35. The number of rotatable bonds is 6. The van der Waals surface area contributed by atoms with Crippen LogP contribution in [0.4, 0.5) is 0 Å². The third-order valence-electron chi connectivity index (χ3n) is 4.29. The van der Waals surface area contributed by atoms with Crippen molar-refractivity contribution in [3.63, 3.8) is 0 Å². The monoisotopic (exact) mass is 405 g/mol. The van der Waals surface area contributed by atoms with Crippen LogP contribution in [0.2, 0.25) is 5.02 Å². The molecule has 27 heavy (non-hydrogen) atoms. The Balaban J connectivity index is 1.84. The highest BCUT2D eigenvalue weighted by molar-refractivity contribution is 7.89. The van der Waals surface area contributed by atoms with E-state index in [9.17, 15) is 8.42 Å². The van der Waals surface area contributed by atoms with E-state index in [0.717, 1.165) is 22.7 Å². The zero-order valence-corrected chi connectivity index (χ0v) is 16.8. The molecule has 0 aliphatic rings. The minimum atomic E-state index is -3.67. The molecule has 1 atom stereocenters. The van der Waals surface area contributed by atoms with E-state index in [1.165, 1.54) is 12.1 Å². The van der Waals surface area contributed by atoms with Crippen molar-refractivity contribution in [1.29, 1.82) is 0 Å². The zero-order chi connectivity index (χ0) is 19.6. The van der Waals surface area contributed by atoms with Gasteiger partial charge in [-0.3, -0.25) is 0 Å². The largest absolute Gasteiger partial charge is 0.497 e. The maximum absolute atomic E-state index is 12.6. The summed E-state index contributed by atoms with van der Waals surface area (Å²) in [5.74, 6) is 0.757. The van der Waals surface area contributed by atoms with E-state index in [1.807, 2.05) is 31.2 Å². The van der Waals surface area contributed by atoms with E-state index in [4.69, 9.17) is 16.3 Å². The Morgan fingerprint density at radius 2 is 1.74 bits per heavy atom. The predicted octanol–water partition coefficient (Wildman–Crippen LogP) is 3.88. The molecule has 0 saturated heterocycles. The molecule has 3 rings (SSSR count). The molecule has 0 aliphatic heterocycles. The average molecular weight is 406 g/mol. The topological polar surface area (TPSA) is 73.2 Å². The molecule has 8 heteroatoms. The number of nitrogens with one attached hydrogen (secondary N) is 1. The summed E-state index contributed by atoms with van der Waals surface area (Å²) < 4.78 is 34.8. The second-order valence-electron chi connectivity index (χ2n) is 6.09. The summed E-state index contributed by atoms with van der Waals surface area (Å²) in [6.45, 7) is 3.69. The SMILES string of the molecule is COc1ccc(-n2ncc(C(C)NS(=O)(=O)c3ccc(Cl)cc3)c2C)cc1. The van der Waals surface area contributed by atoms with Crippen molar-refractivity contribution in [3.8, 4) is 11.4 Å². The van der Waals surface area contributed by atoms with Gasteiger partial charge in [0.2, 0.25) is 10.0 Å². The van der Waals surface area contributed by atoms with Crippen LogP contribution in [0.15, 0.2) is 59.6 Å². The van der Waals surface area contributed by atoms with Crippen LogP contribution >= 0.6 is 11.6 Å². The summed E-state index contributed by atoms with van der Waals surface area (Å²) in [7, 11) is -2.06. The lowest BCUT2D eigenvalue weighted by Gasteiger charge is -2.15. The number of aromatic nitrogens is 2. The molecule has 0 bridgehead atoms. The lowest BCUT2D eigenvalue weighted by atomic mass is 10.1. The van der Waals surface area contributed by atoms with E-state index in [-0.39, 0.29) is 4.90 Å². The van der Waals surface area contributed by atoms with E-state index < -0.39 is 16.1 Å². The first-order chi connectivity index (χ1) is 12.8. The van der Waals surface area contributed by atoms with E-state index in [1.54, 1.807) is 37.0 Å². The molecule has 1 N–H and O–H groups in total. The van der Waals surface area contributed by atoms with Gasteiger partial charge in [0.1, 0.15) is 5.75 Å². The summed E-state index contributed by atoms with van der Waals surface area (Å²) in [6, 6.07) is 13.1. The molecule has 6 nitrogen and oxygen atoms in total. The Morgan fingerprint density at radius 3 is 2.33 bits per heavy atom. The second kappa shape index (κ2) is 7.72. The fourth-order valence-electron chi connectivity index (χ4n) is 2.81. The molecule has 1 aromatic heterocycles. The Labute approximate surface area is 163 Å². The van der Waals surface area contributed by atoms with E-state index in [0.29, 0.717) is 5.02 Å². The first kappa shape index (κ1) is 19.4. The van der Waals surface area contributed by atoms with Crippen LogP contribution in [0.25, 0.3) is 5.69 Å². The molecule has 1 heterocycles. The standard InChI is InChI=1S/C19H20ClN3O3S/c1-13(22-27(24,25)18-10-4-15(20)5-11-18)19-12-21-23(14(19)2)16-6-8-17(26-3)9-7-16/h4-13,22H,1-3H3. The van der Waals surface area contributed by atoms with Gasteiger partial charge >= 0.3 is 0 Å². The number of hydrogen-bond donors (Lipinski definition) is 1. The zero-order valence-electron chi connectivity index (χ0n) is 15.2. The molecule has 0 saturated carbocycles. The number of sulfonamides is 1. The van der Waals surface area contributed by atoms with Crippen LogP contribution < -0.4 is 9.46 Å². The van der Waals surface area contributed by atoms with Gasteiger partial charge in [-0.05, 0) is 62.4 Å². The fourth-order valence-corrected chi connectivity index (χ4v) is 4.16. The van der Waals surface area contributed by atoms with Crippen LogP contribution in [0, 0.1) is 6.92 Å². The van der Waals surface area contributed by atoms with Gasteiger partial charge in [0.05, 0.1) is 23.9 Å². The van der Waals surface area contributed by atoms with Gasteiger partial charge < -0.3 is 4.74 Å². The molecule has 0 radical (unpaired) electrons.